The summed E-state index contributed by atoms with van der Waals surface area (Å²) in [6.07, 6.45) is -0.869. The number of aliphatic hydroxyl groups excluding tert-OH is 2. The van der Waals surface area contributed by atoms with Crippen molar-refractivity contribution >= 4 is 28.6 Å². The molecule has 0 amide bonds. The number of hydrogen-bond acceptors (Lipinski definition) is 5. The number of rotatable bonds is 4. The molecule has 6 heteroatoms. The third-order valence-electron chi connectivity index (χ3n) is 3.84. The van der Waals surface area contributed by atoms with Crippen LogP contribution in [0.3, 0.4) is 0 Å². The second-order valence-corrected chi connectivity index (χ2v) is 8.26. The maximum Gasteiger partial charge on any atom is 0.326 e. The minimum absolute atomic E-state index is 0.114. The lowest BCUT2D eigenvalue weighted by Gasteiger charge is -2.30. The Bertz CT molecular complexity index is 531. The summed E-state index contributed by atoms with van der Waals surface area (Å²) in [5.41, 5.74) is 0.407. The molecule has 0 bridgehead atoms. The fraction of sp³-hybridized carbons (Fsp3) is 0.588. The van der Waals surface area contributed by atoms with E-state index in [-0.39, 0.29) is 16.6 Å². The number of halogens is 1. The van der Waals surface area contributed by atoms with E-state index in [1.54, 1.807) is 20.8 Å². The zero-order valence-electron chi connectivity index (χ0n) is 13.6. The Balaban J connectivity index is 2.26. The Labute approximate surface area is 150 Å². The van der Waals surface area contributed by atoms with Crippen LogP contribution in [-0.2, 0) is 16.1 Å². The molecule has 0 radical (unpaired) electrons. The summed E-state index contributed by atoms with van der Waals surface area (Å²) >= 11 is 2.10. The van der Waals surface area contributed by atoms with Crippen LogP contribution < -0.4 is 0 Å². The third kappa shape index (κ3) is 4.43. The van der Waals surface area contributed by atoms with Crippen LogP contribution in [0.5, 0.6) is 0 Å². The Kier molecular flexibility index (Phi) is 6.05. The average molecular weight is 433 g/mol. The summed E-state index contributed by atoms with van der Waals surface area (Å²) in [5, 5.41) is 20.2. The van der Waals surface area contributed by atoms with Crippen molar-refractivity contribution in [2.45, 2.75) is 55.0 Å². The Morgan fingerprint density at radius 3 is 2.43 bits per heavy atom. The predicted octanol–water partition coefficient (Wildman–Crippen LogP) is 1.74. The van der Waals surface area contributed by atoms with Crippen LogP contribution in [0.1, 0.15) is 26.3 Å². The second kappa shape index (κ2) is 7.46. The van der Waals surface area contributed by atoms with E-state index >= 15 is 0 Å². The van der Waals surface area contributed by atoms with Gasteiger partial charge in [-0.2, -0.15) is 0 Å². The van der Waals surface area contributed by atoms with Crippen LogP contribution in [0.2, 0.25) is 0 Å². The maximum absolute atomic E-state index is 12.6. The number of esters is 1. The van der Waals surface area contributed by atoms with E-state index in [1.165, 1.54) is 0 Å². The number of hydrogen-bond donors (Lipinski definition) is 2. The monoisotopic (exact) mass is 433 g/mol. The molecule has 1 aromatic rings. The molecular formula is C17H24INO4. The average Bonchev–Trinajstić information content (AvgIpc) is 2.69. The lowest BCUT2D eigenvalue weighted by Crippen LogP contribution is -2.47. The molecule has 5 nitrogen and oxygen atoms in total. The van der Waals surface area contributed by atoms with Crippen molar-refractivity contribution in [3.63, 3.8) is 0 Å². The fourth-order valence-electron chi connectivity index (χ4n) is 2.84. The lowest BCUT2D eigenvalue weighted by molar-refractivity contribution is -0.164. The van der Waals surface area contributed by atoms with Gasteiger partial charge in [0.15, 0.2) is 0 Å². The van der Waals surface area contributed by atoms with Gasteiger partial charge in [-0.05, 0) is 26.3 Å². The number of nitrogens with zero attached hydrogens (tertiary/aromatic N) is 1. The molecule has 0 aliphatic carbocycles. The summed E-state index contributed by atoms with van der Waals surface area (Å²) in [5.74, 6) is -0.446. The van der Waals surface area contributed by atoms with E-state index in [1.807, 2.05) is 35.2 Å². The third-order valence-corrected chi connectivity index (χ3v) is 5.41. The minimum Gasteiger partial charge on any atom is -0.459 e. The quantitative estimate of drug-likeness (QED) is 0.430. The highest BCUT2D eigenvalue weighted by Gasteiger charge is 2.51. The highest BCUT2D eigenvalue weighted by Crippen LogP contribution is 2.33. The molecule has 1 saturated heterocycles. The number of alkyl halides is 1. The molecule has 1 heterocycles. The molecule has 2 N–H and O–H groups in total. The van der Waals surface area contributed by atoms with Crippen molar-refractivity contribution in [3.8, 4) is 0 Å². The van der Waals surface area contributed by atoms with E-state index < -0.39 is 23.7 Å². The molecule has 2 rings (SSSR count). The number of likely N-dealkylation sites (tertiary alicyclic amines) is 1. The van der Waals surface area contributed by atoms with Crippen LogP contribution in [0.4, 0.5) is 0 Å². The zero-order chi connectivity index (χ0) is 17.2. The molecule has 1 aliphatic heterocycles. The SMILES string of the molecule is CC(C)(C)OC(=O)[C@@H]1[C@H](O)[C@H](I)[C@@H](CO)N1Cc1ccccc1. The van der Waals surface area contributed by atoms with Crippen molar-refractivity contribution in [1.29, 1.82) is 0 Å². The smallest absolute Gasteiger partial charge is 0.326 e. The summed E-state index contributed by atoms with van der Waals surface area (Å²) < 4.78 is 5.24. The molecular weight excluding hydrogens is 409 g/mol. The molecule has 1 aliphatic rings. The Hall–Kier alpha value is -0.700. The molecule has 0 spiro atoms. The fourth-order valence-corrected chi connectivity index (χ4v) is 3.87. The lowest BCUT2D eigenvalue weighted by atomic mass is 10.1. The molecule has 1 aromatic carbocycles. The number of carbonyl (C=O) groups excluding carboxylic acids is 1. The van der Waals surface area contributed by atoms with Gasteiger partial charge in [-0.1, -0.05) is 52.9 Å². The van der Waals surface area contributed by atoms with Gasteiger partial charge in [-0.3, -0.25) is 9.69 Å². The van der Waals surface area contributed by atoms with Crippen molar-refractivity contribution in [2.75, 3.05) is 6.61 Å². The van der Waals surface area contributed by atoms with Crippen LogP contribution in [0.25, 0.3) is 0 Å². The molecule has 128 valence electrons. The van der Waals surface area contributed by atoms with E-state index in [0.717, 1.165) is 5.56 Å². The number of ether oxygens (including phenoxy) is 1. The maximum atomic E-state index is 12.6. The number of carbonyl (C=O) groups is 1. The predicted molar refractivity (Wildman–Crippen MR) is 96.3 cm³/mol. The van der Waals surface area contributed by atoms with Crippen LogP contribution in [-0.4, -0.2) is 55.4 Å². The Morgan fingerprint density at radius 1 is 1.30 bits per heavy atom. The first-order valence-electron chi connectivity index (χ1n) is 7.70. The Morgan fingerprint density at radius 2 is 1.91 bits per heavy atom. The molecule has 0 aromatic heterocycles. The highest BCUT2D eigenvalue weighted by atomic mass is 127. The molecule has 1 fully saturated rings. The van der Waals surface area contributed by atoms with Gasteiger partial charge in [0.25, 0.3) is 0 Å². The number of aliphatic hydroxyl groups is 2. The summed E-state index contributed by atoms with van der Waals surface area (Å²) in [7, 11) is 0. The molecule has 4 atom stereocenters. The zero-order valence-corrected chi connectivity index (χ0v) is 15.8. The van der Waals surface area contributed by atoms with Crippen LogP contribution >= 0.6 is 22.6 Å². The molecule has 23 heavy (non-hydrogen) atoms. The van der Waals surface area contributed by atoms with Crippen molar-refractivity contribution in [2.24, 2.45) is 0 Å². The van der Waals surface area contributed by atoms with Gasteiger partial charge in [-0.25, -0.2) is 0 Å². The van der Waals surface area contributed by atoms with E-state index in [9.17, 15) is 15.0 Å². The van der Waals surface area contributed by atoms with Gasteiger partial charge < -0.3 is 14.9 Å². The van der Waals surface area contributed by atoms with E-state index in [2.05, 4.69) is 22.6 Å². The van der Waals surface area contributed by atoms with E-state index in [4.69, 9.17) is 4.74 Å². The van der Waals surface area contributed by atoms with Gasteiger partial charge in [-0.15, -0.1) is 0 Å². The summed E-state index contributed by atoms with van der Waals surface area (Å²) in [6, 6.07) is 8.66. The van der Waals surface area contributed by atoms with Crippen LogP contribution in [0, 0.1) is 0 Å². The van der Waals surface area contributed by atoms with E-state index in [0.29, 0.717) is 6.54 Å². The normalized spacial score (nSPS) is 28.8. The summed E-state index contributed by atoms with van der Waals surface area (Å²) in [6.45, 7) is 5.78. The van der Waals surface area contributed by atoms with Crippen molar-refractivity contribution in [3.05, 3.63) is 35.9 Å². The van der Waals surface area contributed by atoms with Crippen LogP contribution in [0.15, 0.2) is 30.3 Å². The minimum atomic E-state index is -0.869. The topological polar surface area (TPSA) is 70.0 Å². The first-order valence-corrected chi connectivity index (χ1v) is 8.94. The van der Waals surface area contributed by atoms with Gasteiger partial charge in [0.1, 0.15) is 11.6 Å². The van der Waals surface area contributed by atoms with Crippen molar-refractivity contribution in [1.82, 2.24) is 4.90 Å². The summed E-state index contributed by atoms with van der Waals surface area (Å²) in [4.78, 5) is 14.4. The number of benzene rings is 1. The highest BCUT2D eigenvalue weighted by molar-refractivity contribution is 14.1. The van der Waals surface area contributed by atoms with Gasteiger partial charge in [0.2, 0.25) is 0 Å². The first-order chi connectivity index (χ1) is 10.7. The molecule has 0 saturated carbocycles. The second-order valence-electron chi connectivity index (χ2n) is 6.82. The van der Waals surface area contributed by atoms with Gasteiger partial charge >= 0.3 is 5.97 Å². The van der Waals surface area contributed by atoms with Gasteiger partial charge in [0, 0.05) is 12.6 Å². The first kappa shape index (κ1) is 18.6. The van der Waals surface area contributed by atoms with Gasteiger partial charge in [0.05, 0.1) is 16.6 Å². The van der Waals surface area contributed by atoms with Crippen molar-refractivity contribution < 1.29 is 19.7 Å². The molecule has 0 unspecified atom stereocenters. The standard InChI is InChI=1S/C17H24INO4/c1-17(2,3)23-16(22)14-15(21)13(18)12(10-20)19(14)9-11-7-5-4-6-8-11/h4-8,12-15,20-21H,9-10H2,1-3H3/t12-,13-,14+,15-/m1/s1. The largest absolute Gasteiger partial charge is 0.459 e.